The summed E-state index contributed by atoms with van der Waals surface area (Å²) in [7, 11) is 1.77. The van der Waals surface area contributed by atoms with Gasteiger partial charge in [-0.05, 0) is 61.2 Å². The maximum Gasteiger partial charge on any atom is 0.251 e. The van der Waals surface area contributed by atoms with Gasteiger partial charge in [0.2, 0.25) is 11.5 Å². The Morgan fingerprint density at radius 1 is 1.19 bits per heavy atom. The number of nitrogens with one attached hydrogen (secondary N) is 2. The van der Waals surface area contributed by atoms with Crippen molar-refractivity contribution in [2.75, 3.05) is 5.32 Å². The van der Waals surface area contributed by atoms with Gasteiger partial charge >= 0.3 is 0 Å². The van der Waals surface area contributed by atoms with E-state index < -0.39 is 0 Å². The number of benzene rings is 1. The molecular formula is C20H21N3O3. The lowest BCUT2D eigenvalue weighted by Gasteiger charge is -2.27. The van der Waals surface area contributed by atoms with Crippen molar-refractivity contribution >= 4 is 17.5 Å². The smallest absolute Gasteiger partial charge is 0.251 e. The Morgan fingerprint density at radius 3 is 2.62 bits per heavy atom. The third-order valence-electron chi connectivity index (χ3n) is 4.66. The van der Waals surface area contributed by atoms with Gasteiger partial charge in [-0.2, -0.15) is 0 Å². The first kappa shape index (κ1) is 17.7. The van der Waals surface area contributed by atoms with Crippen molar-refractivity contribution in [3.63, 3.8) is 0 Å². The number of pyridine rings is 1. The van der Waals surface area contributed by atoms with Crippen LogP contribution in [-0.2, 0) is 18.3 Å². The molecule has 2 N–H and O–H groups in total. The van der Waals surface area contributed by atoms with E-state index in [4.69, 9.17) is 0 Å². The molecule has 0 spiro atoms. The van der Waals surface area contributed by atoms with E-state index in [0.29, 0.717) is 11.3 Å². The highest BCUT2D eigenvalue weighted by molar-refractivity contribution is 5.99. The number of aromatic nitrogens is 1. The minimum absolute atomic E-state index is 0.0344. The highest BCUT2D eigenvalue weighted by Gasteiger charge is 2.24. The number of anilines is 1. The molecule has 0 saturated carbocycles. The van der Waals surface area contributed by atoms with Crippen molar-refractivity contribution < 1.29 is 9.59 Å². The summed E-state index contributed by atoms with van der Waals surface area (Å²) in [5.41, 5.74) is 3.06. The highest BCUT2D eigenvalue weighted by Crippen LogP contribution is 2.28. The number of carbonyl (C=O) groups excluding carboxylic acids is 2. The standard InChI is InChI=1S/C20H21N3O3/c1-3-18(24)21-14-9-7-13(8-10-14)20(26)22-16-5-4-6-17-15(16)11-12-19(25)23(17)2/h3,7-12,16H,1,4-6H2,2H3,(H,21,24)(H,22,26). The molecule has 0 radical (unpaired) electrons. The quantitative estimate of drug-likeness (QED) is 0.830. The van der Waals surface area contributed by atoms with Gasteiger partial charge < -0.3 is 15.2 Å². The molecule has 0 aliphatic heterocycles. The van der Waals surface area contributed by atoms with Crippen LogP contribution in [-0.4, -0.2) is 16.4 Å². The zero-order valence-electron chi connectivity index (χ0n) is 14.6. The molecule has 1 atom stereocenters. The summed E-state index contributed by atoms with van der Waals surface area (Å²) >= 11 is 0. The minimum Gasteiger partial charge on any atom is -0.345 e. The van der Waals surface area contributed by atoms with Crippen molar-refractivity contribution in [1.29, 1.82) is 0 Å². The van der Waals surface area contributed by atoms with Gasteiger partial charge in [0.1, 0.15) is 0 Å². The molecule has 1 heterocycles. The number of fused-ring (bicyclic) bond motifs is 1. The number of rotatable bonds is 4. The first-order chi connectivity index (χ1) is 12.5. The largest absolute Gasteiger partial charge is 0.345 e. The Hall–Kier alpha value is -3.15. The average Bonchev–Trinajstić information content (AvgIpc) is 2.65. The number of hydrogen-bond acceptors (Lipinski definition) is 3. The second-order valence-electron chi connectivity index (χ2n) is 6.32. The SMILES string of the molecule is C=CC(=O)Nc1ccc(C(=O)NC2CCCc3c2ccc(=O)n3C)cc1. The average molecular weight is 351 g/mol. The first-order valence-electron chi connectivity index (χ1n) is 8.52. The molecule has 26 heavy (non-hydrogen) atoms. The Balaban J connectivity index is 1.75. The molecule has 0 bridgehead atoms. The van der Waals surface area contributed by atoms with Crippen LogP contribution in [0.4, 0.5) is 5.69 Å². The lowest BCUT2D eigenvalue weighted by Crippen LogP contribution is -2.33. The fourth-order valence-electron chi connectivity index (χ4n) is 3.24. The summed E-state index contributed by atoms with van der Waals surface area (Å²) in [6, 6.07) is 9.93. The van der Waals surface area contributed by atoms with Gasteiger partial charge in [0, 0.05) is 30.1 Å². The van der Waals surface area contributed by atoms with Crippen LogP contribution in [0.3, 0.4) is 0 Å². The van der Waals surface area contributed by atoms with Gasteiger partial charge in [-0.1, -0.05) is 6.58 Å². The summed E-state index contributed by atoms with van der Waals surface area (Å²) in [5, 5.41) is 5.69. The molecule has 0 saturated heterocycles. The van der Waals surface area contributed by atoms with Gasteiger partial charge in [-0.3, -0.25) is 14.4 Å². The number of amides is 2. The molecule has 0 fully saturated rings. The van der Waals surface area contributed by atoms with E-state index in [1.807, 2.05) is 6.07 Å². The van der Waals surface area contributed by atoms with Crippen LogP contribution >= 0.6 is 0 Å². The molecule has 3 rings (SSSR count). The van der Waals surface area contributed by atoms with Crippen LogP contribution in [0.25, 0.3) is 0 Å². The van der Waals surface area contributed by atoms with Crippen LogP contribution in [0, 0.1) is 0 Å². The Morgan fingerprint density at radius 2 is 1.92 bits per heavy atom. The Kier molecular flexibility index (Phi) is 5.02. The molecule has 6 heteroatoms. The minimum atomic E-state index is -0.299. The van der Waals surface area contributed by atoms with Crippen LogP contribution in [0.1, 0.15) is 40.5 Å². The molecular weight excluding hydrogens is 330 g/mol. The summed E-state index contributed by atoms with van der Waals surface area (Å²) in [6.07, 6.45) is 3.78. The second kappa shape index (κ2) is 7.39. The summed E-state index contributed by atoms with van der Waals surface area (Å²) in [5.74, 6) is -0.482. The molecule has 2 amide bonds. The van der Waals surface area contributed by atoms with Gasteiger partial charge in [0.25, 0.3) is 5.91 Å². The maximum absolute atomic E-state index is 12.6. The monoisotopic (exact) mass is 351 g/mol. The first-order valence-corrected chi connectivity index (χ1v) is 8.52. The molecule has 1 unspecified atom stereocenters. The molecule has 6 nitrogen and oxygen atoms in total. The lowest BCUT2D eigenvalue weighted by molar-refractivity contribution is -0.111. The summed E-state index contributed by atoms with van der Waals surface area (Å²) in [6.45, 7) is 3.40. The second-order valence-corrected chi connectivity index (χ2v) is 6.32. The summed E-state index contributed by atoms with van der Waals surface area (Å²) in [4.78, 5) is 35.7. The van der Waals surface area contributed by atoms with Crippen molar-refractivity contribution in [1.82, 2.24) is 9.88 Å². The Bertz CT molecular complexity index is 913. The van der Waals surface area contributed by atoms with Crippen molar-refractivity contribution in [3.8, 4) is 0 Å². The molecule has 2 aromatic rings. The predicted octanol–water partition coefficient (Wildman–Crippen LogP) is 2.32. The summed E-state index contributed by atoms with van der Waals surface area (Å²) < 4.78 is 1.66. The van der Waals surface area contributed by atoms with E-state index in [1.165, 1.54) is 6.08 Å². The van der Waals surface area contributed by atoms with E-state index in [-0.39, 0.29) is 23.4 Å². The third-order valence-corrected chi connectivity index (χ3v) is 4.66. The highest BCUT2D eigenvalue weighted by atomic mass is 16.2. The Labute approximate surface area is 151 Å². The molecule has 1 aliphatic rings. The van der Waals surface area contributed by atoms with Crippen LogP contribution in [0.2, 0.25) is 0 Å². The fraction of sp³-hybridized carbons (Fsp3) is 0.250. The molecule has 134 valence electrons. The van der Waals surface area contributed by atoms with Crippen LogP contribution in [0.15, 0.2) is 53.8 Å². The van der Waals surface area contributed by atoms with Crippen molar-refractivity contribution in [2.45, 2.75) is 25.3 Å². The zero-order valence-corrected chi connectivity index (χ0v) is 14.6. The third kappa shape index (κ3) is 3.59. The van der Waals surface area contributed by atoms with E-state index in [1.54, 1.807) is 41.9 Å². The number of carbonyl (C=O) groups is 2. The van der Waals surface area contributed by atoms with E-state index in [9.17, 15) is 14.4 Å². The van der Waals surface area contributed by atoms with Crippen molar-refractivity contribution in [3.05, 3.63) is 76.2 Å². The van der Waals surface area contributed by atoms with Gasteiger partial charge in [0.15, 0.2) is 0 Å². The normalized spacial score (nSPS) is 15.7. The molecule has 1 aliphatic carbocycles. The van der Waals surface area contributed by atoms with Gasteiger partial charge in [-0.25, -0.2) is 0 Å². The van der Waals surface area contributed by atoms with Crippen molar-refractivity contribution in [2.24, 2.45) is 7.05 Å². The molecule has 1 aromatic carbocycles. The predicted molar refractivity (Wildman–Crippen MR) is 100 cm³/mol. The topological polar surface area (TPSA) is 80.2 Å². The maximum atomic E-state index is 12.6. The zero-order chi connectivity index (χ0) is 18.7. The van der Waals surface area contributed by atoms with Gasteiger partial charge in [0.05, 0.1) is 6.04 Å². The van der Waals surface area contributed by atoms with Crippen LogP contribution in [0.5, 0.6) is 0 Å². The van der Waals surface area contributed by atoms with E-state index in [0.717, 1.165) is 30.5 Å². The van der Waals surface area contributed by atoms with Gasteiger partial charge in [-0.15, -0.1) is 0 Å². The number of hydrogen-bond donors (Lipinski definition) is 2. The van der Waals surface area contributed by atoms with Crippen LogP contribution < -0.4 is 16.2 Å². The van der Waals surface area contributed by atoms with E-state index in [2.05, 4.69) is 17.2 Å². The number of nitrogens with zero attached hydrogens (tertiary/aromatic N) is 1. The van der Waals surface area contributed by atoms with E-state index >= 15 is 0 Å². The fourth-order valence-corrected chi connectivity index (χ4v) is 3.24. The lowest BCUT2D eigenvalue weighted by atomic mass is 9.90. The molecule has 1 aromatic heterocycles.